The number of amides is 2. The highest BCUT2D eigenvalue weighted by Crippen LogP contribution is 2.34. The standard InChI is InChI=1S/C15H14N2O4S4/c1-9(13(18)16-10-4-6-25(20,21)8-10)17-14(19)12(24-15(17)22)7-11-3-2-5-23-11/h2-7,9-10H,8H2,1H3,(H,16,18)/b12-7+. The fraction of sp³-hybridized carbons (Fsp3) is 0.267. The Labute approximate surface area is 158 Å². The van der Waals surface area contributed by atoms with Crippen molar-refractivity contribution in [2.24, 2.45) is 0 Å². The summed E-state index contributed by atoms with van der Waals surface area (Å²) in [6.07, 6.45) is 3.18. The summed E-state index contributed by atoms with van der Waals surface area (Å²) in [5.74, 6) is -0.927. The Morgan fingerprint density at radius 1 is 1.52 bits per heavy atom. The average Bonchev–Trinajstić information content (AvgIpc) is 3.21. The van der Waals surface area contributed by atoms with Crippen LogP contribution in [0, 0.1) is 0 Å². The molecule has 1 saturated heterocycles. The molecule has 2 atom stereocenters. The van der Waals surface area contributed by atoms with E-state index in [9.17, 15) is 18.0 Å². The van der Waals surface area contributed by atoms with Gasteiger partial charge >= 0.3 is 0 Å². The van der Waals surface area contributed by atoms with Crippen molar-refractivity contribution in [2.45, 2.75) is 19.0 Å². The summed E-state index contributed by atoms with van der Waals surface area (Å²) >= 11 is 7.90. The third-order valence-electron chi connectivity index (χ3n) is 3.66. The van der Waals surface area contributed by atoms with E-state index in [2.05, 4.69) is 5.32 Å². The molecule has 25 heavy (non-hydrogen) atoms. The summed E-state index contributed by atoms with van der Waals surface area (Å²) in [6, 6.07) is 2.37. The van der Waals surface area contributed by atoms with Crippen molar-refractivity contribution >= 4 is 67.4 Å². The Morgan fingerprint density at radius 3 is 2.88 bits per heavy atom. The topological polar surface area (TPSA) is 83.6 Å². The molecule has 0 saturated carbocycles. The van der Waals surface area contributed by atoms with Crippen LogP contribution in [-0.2, 0) is 19.4 Å². The van der Waals surface area contributed by atoms with Gasteiger partial charge in [0.2, 0.25) is 5.91 Å². The highest BCUT2D eigenvalue weighted by atomic mass is 32.2. The largest absolute Gasteiger partial charge is 0.347 e. The molecule has 0 radical (unpaired) electrons. The van der Waals surface area contributed by atoms with Crippen molar-refractivity contribution in [1.29, 1.82) is 0 Å². The third-order valence-corrected chi connectivity index (χ3v) is 7.21. The van der Waals surface area contributed by atoms with Gasteiger partial charge in [0.1, 0.15) is 10.4 Å². The molecule has 1 fully saturated rings. The number of hydrogen-bond donors (Lipinski definition) is 1. The second kappa shape index (κ2) is 7.02. The van der Waals surface area contributed by atoms with Gasteiger partial charge in [-0.1, -0.05) is 30.0 Å². The molecule has 0 aromatic carbocycles. The molecule has 10 heteroatoms. The van der Waals surface area contributed by atoms with Crippen LogP contribution in [0.15, 0.2) is 33.9 Å². The van der Waals surface area contributed by atoms with E-state index >= 15 is 0 Å². The van der Waals surface area contributed by atoms with Gasteiger partial charge in [-0.2, -0.15) is 0 Å². The number of thiophene rings is 1. The van der Waals surface area contributed by atoms with Crippen LogP contribution in [0.2, 0.25) is 0 Å². The van der Waals surface area contributed by atoms with Crippen molar-refractivity contribution in [2.75, 3.05) is 5.75 Å². The van der Waals surface area contributed by atoms with Crippen molar-refractivity contribution in [3.05, 3.63) is 38.8 Å². The molecule has 1 aromatic rings. The molecule has 2 amide bonds. The van der Waals surface area contributed by atoms with E-state index in [4.69, 9.17) is 12.2 Å². The molecular formula is C15H14N2O4S4. The van der Waals surface area contributed by atoms with Crippen molar-refractivity contribution in [3.63, 3.8) is 0 Å². The fourth-order valence-electron chi connectivity index (χ4n) is 2.40. The summed E-state index contributed by atoms with van der Waals surface area (Å²) < 4.78 is 23.1. The molecule has 1 aromatic heterocycles. The maximum atomic E-state index is 12.6. The predicted octanol–water partition coefficient (Wildman–Crippen LogP) is 1.76. The van der Waals surface area contributed by atoms with Crippen LogP contribution in [-0.4, -0.2) is 47.3 Å². The number of carbonyl (C=O) groups excluding carboxylic acids is 2. The zero-order chi connectivity index (χ0) is 18.2. The number of carbonyl (C=O) groups is 2. The Hall–Kier alpha value is -1.49. The monoisotopic (exact) mass is 414 g/mol. The van der Waals surface area contributed by atoms with Gasteiger partial charge in [0, 0.05) is 10.3 Å². The quantitative estimate of drug-likeness (QED) is 0.597. The van der Waals surface area contributed by atoms with Gasteiger partial charge in [-0.25, -0.2) is 8.42 Å². The molecule has 2 aliphatic rings. The summed E-state index contributed by atoms with van der Waals surface area (Å²) in [5.41, 5.74) is 0. The number of rotatable bonds is 4. The van der Waals surface area contributed by atoms with Crippen LogP contribution < -0.4 is 5.32 Å². The second-order valence-corrected chi connectivity index (χ2v) is 10.1. The molecule has 0 aliphatic carbocycles. The summed E-state index contributed by atoms with van der Waals surface area (Å²) in [7, 11) is -3.26. The zero-order valence-electron chi connectivity index (χ0n) is 13.0. The minimum Gasteiger partial charge on any atom is -0.347 e. The molecular weight excluding hydrogens is 400 g/mol. The number of nitrogens with zero attached hydrogens (tertiary/aromatic N) is 1. The Kier molecular flexibility index (Phi) is 5.14. The number of thioether (sulfide) groups is 1. The van der Waals surface area contributed by atoms with Crippen LogP contribution in [0.3, 0.4) is 0 Å². The van der Waals surface area contributed by atoms with Crippen molar-refractivity contribution < 1.29 is 18.0 Å². The summed E-state index contributed by atoms with van der Waals surface area (Å²) in [4.78, 5) is 27.6. The predicted molar refractivity (Wildman–Crippen MR) is 104 cm³/mol. The zero-order valence-corrected chi connectivity index (χ0v) is 16.3. The van der Waals surface area contributed by atoms with Gasteiger partial charge in [0.25, 0.3) is 5.91 Å². The lowest BCUT2D eigenvalue weighted by atomic mass is 10.2. The highest BCUT2D eigenvalue weighted by Gasteiger charge is 2.39. The van der Waals surface area contributed by atoms with Crippen LogP contribution >= 0.6 is 35.3 Å². The first-order valence-corrected chi connectivity index (χ1v) is 11.1. The summed E-state index contributed by atoms with van der Waals surface area (Å²) in [6.45, 7) is 1.57. The lowest BCUT2D eigenvalue weighted by Crippen LogP contribution is -2.49. The molecule has 0 spiro atoms. The number of nitrogens with one attached hydrogen (secondary N) is 1. The van der Waals surface area contributed by atoms with Gasteiger partial charge in [0.15, 0.2) is 9.84 Å². The smallest absolute Gasteiger partial charge is 0.266 e. The Bertz CT molecular complexity index is 887. The Balaban J connectivity index is 1.70. The molecule has 2 aliphatic heterocycles. The molecule has 132 valence electrons. The number of sulfone groups is 1. The Morgan fingerprint density at radius 2 is 2.28 bits per heavy atom. The molecule has 3 heterocycles. The van der Waals surface area contributed by atoms with E-state index in [1.807, 2.05) is 17.5 Å². The molecule has 1 N–H and O–H groups in total. The van der Waals surface area contributed by atoms with Crippen LogP contribution in [0.1, 0.15) is 11.8 Å². The lowest BCUT2D eigenvalue weighted by Gasteiger charge is -2.23. The first-order chi connectivity index (χ1) is 11.8. The maximum Gasteiger partial charge on any atom is 0.266 e. The van der Waals surface area contributed by atoms with E-state index in [-0.39, 0.29) is 11.7 Å². The first kappa shape index (κ1) is 18.3. The van der Waals surface area contributed by atoms with Gasteiger partial charge in [-0.05, 0) is 30.5 Å². The number of hydrogen-bond acceptors (Lipinski definition) is 7. The molecule has 6 nitrogen and oxygen atoms in total. The normalized spacial score (nSPS) is 24.9. The van der Waals surface area contributed by atoms with Gasteiger partial charge in [-0.3, -0.25) is 14.5 Å². The van der Waals surface area contributed by atoms with Crippen molar-refractivity contribution in [3.8, 4) is 0 Å². The minimum atomic E-state index is -3.26. The van der Waals surface area contributed by atoms with E-state index < -0.39 is 27.8 Å². The van der Waals surface area contributed by atoms with E-state index in [1.165, 1.54) is 22.3 Å². The molecule has 3 rings (SSSR count). The van der Waals surface area contributed by atoms with Gasteiger partial charge in [0.05, 0.1) is 16.7 Å². The van der Waals surface area contributed by atoms with Crippen LogP contribution in [0.5, 0.6) is 0 Å². The third kappa shape index (κ3) is 4.02. The van der Waals surface area contributed by atoms with Crippen molar-refractivity contribution in [1.82, 2.24) is 10.2 Å². The van der Waals surface area contributed by atoms with Crippen LogP contribution in [0.25, 0.3) is 6.08 Å². The van der Waals surface area contributed by atoms with Crippen LogP contribution in [0.4, 0.5) is 0 Å². The number of thiocarbonyl (C=S) groups is 1. The maximum absolute atomic E-state index is 12.6. The summed E-state index contributed by atoms with van der Waals surface area (Å²) in [5, 5.41) is 5.63. The molecule has 0 bridgehead atoms. The second-order valence-electron chi connectivity index (χ2n) is 5.52. The SMILES string of the molecule is CC(C(=O)NC1C=CS(=O)(=O)C1)N1C(=O)/C(=C\c2cccs2)SC1=S. The first-order valence-electron chi connectivity index (χ1n) is 7.29. The van der Waals surface area contributed by atoms with E-state index in [0.29, 0.717) is 9.23 Å². The lowest BCUT2D eigenvalue weighted by molar-refractivity contribution is -0.132. The fourth-order valence-corrected chi connectivity index (χ4v) is 5.78. The van der Waals surface area contributed by atoms with Gasteiger partial charge in [-0.15, -0.1) is 11.3 Å². The van der Waals surface area contributed by atoms with Gasteiger partial charge < -0.3 is 5.32 Å². The molecule has 2 unspecified atom stereocenters. The van der Waals surface area contributed by atoms with E-state index in [1.54, 1.807) is 13.0 Å². The average molecular weight is 415 g/mol. The highest BCUT2D eigenvalue weighted by molar-refractivity contribution is 8.26. The minimum absolute atomic E-state index is 0.165. The van der Waals surface area contributed by atoms with E-state index in [0.717, 1.165) is 22.0 Å².